The Morgan fingerprint density at radius 2 is 1.78 bits per heavy atom. The lowest BCUT2D eigenvalue weighted by Crippen LogP contribution is -2.30. The summed E-state index contributed by atoms with van der Waals surface area (Å²) in [5.41, 5.74) is 6.33. The Balaban J connectivity index is 1.29. The molecule has 0 bridgehead atoms. The molecule has 4 rings (SSSR count). The van der Waals surface area contributed by atoms with E-state index in [2.05, 4.69) is 39.7 Å². The van der Waals surface area contributed by atoms with Gasteiger partial charge in [0.15, 0.2) is 6.61 Å². The van der Waals surface area contributed by atoms with Crippen molar-refractivity contribution in [1.82, 2.24) is 14.8 Å². The Morgan fingerprint density at radius 3 is 2.56 bits per heavy atom. The molecule has 0 saturated carbocycles. The van der Waals surface area contributed by atoms with Crippen LogP contribution in [0.1, 0.15) is 16.8 Å². The van der Waals surface area contributed by atoms with Crippen molar-refractivity contribution in [1.29, 1.82) is 0 Å². The molecule has 0 fully saturated rings. The van der Waals surface area contributed by atoms with Crippen LogP contribution in [-0.2, 0) is 24.3 Å². The summed E-state index contributed by atoms with van der Waals surface area (Å²) >= 11 is 0. The fourth-order valence-electron chi connectivity index (χ4n) is 3.22. The number of para-hydroxylation sites is 1. The van der Waals surface area contributed by atoms with E-state index in [0.717, 1.165) is 37.3 Å². The number of aromatic nitrogens is 2. The topological polar surface area (TPSA) is 59.4 Å². The quantitative estimate of drug-likeness (QED) is 0.702. The van der Waals surface area contributed by atoms with Crippen molar-refractivity contribution >= 4 is 5.91 Å². The number of nitrogens with one attached hydrogen (secondary N) is 1. The molecule has 1 aliphatic heterocycles. The molecule has 27 heavy (non-hydrogen) atoms. The highest BCUT2D eigenvalue weighted by Gasteiger charge is 2.24. The molecule has 2 aromatic carbocycles. The maximum atomic E-state index is 12.2. The molecule has 0 unspecified atom stereocenters. The number of carbonyl (C=O) groups is 1. The number of ether oxygens (including phenoxy) is 1. The lowest BCUT2D eigenvalue weighted by atomic mass is 10.1. The number of fused-ring (bicyclic) bond motifs is 1. The van der Waals surface area contributed by atoms with E-state index in [9.17, 15) is 4.79 Å². The molecule has 6 nitrogen and oxygen atoms in total. The second-order valence-corrected chi connectivity index (χ2v) is 6.61. The van der Waals surface area contributed by atoms with Crippen LogP contribution in [0.3, 0.4) is 0 Å². The fraction of sp³-hybridized carbons (Fsp3) is 0.238. The first-order chi connectivity index (χ1) is 13.3. The zero-order chi connectivity index (χ0) is 18.5. The minimum atomic E-state index is -0.229. The Morgan fingerprint density at radius 1 is 1.04 bits per heavy atom. The van der Waals surface area contributed by atoms with E-state index in [0.29, 0.717) is 5.75 Å². The first kappa shape index (κ1) is 17.3. The van der Waals surface area contributed by atoms with Crippen LogP contribution in [0, 0.1) is 0 Å². The summed E-state index contributed by atoms with van der Waals surface area (Å²) in [6, 6.07) is 19.8. The molecule has 1 aliphatic rings. The van der Waals surface area contributed by atoms with Crippen molar-refractivity contribution < 1.29 is 9.53 Å². The summed E-state index contributed by atoms with van der Waals surface area (Å²) < 4.78 is 5.48. The van der Waals surface area contributed by atoms with E-state index in [1.165, 1.54) is 5.56 Å². The molecule has 0 aliphatic carbocycles. The van der Waals surface area contributed by atoms with Gasteiger partial charge >= 0.3 is 0 Å². The smallest absolute Gasteiger partial charge is 0.277 e. The minimum absolute atomic E-state index is 0.0453. The van der Waals surface area contributed by atoms with E-state index in [4.69, 9.17) is 4.74 Å². The summed E-state index contributed by atoms with van der Waals surface area (Å²) in [6.45, 7) is 2.57. The van der Waals surface area contributed by atoms with Gasteiger partial charge in [0.25, 0.3) is 5.91 Å². The van der Waals surface area contributed by atoms with Gasteiger partial charge in [0.05, 0.1) is 11.9 Å². The average Bonchev–Trinajstić information content (AvgIpc) is 3.28. The van der Waals surface area contributed by atoms with Crippen LogP contribution in [0.15, 0.2) is 66.9 Å². The lowest BCUT2D eigenvalue weighted by molar-refractivity contribution is -0.119. The third kappa shape index (κ3) is 4.35. The van der Waals surface area contributed by atoms with Crippen molar-refractivity contribution in [2.24, 2.45) is 0 Å². The minimum Gasteiger partial charge on any atom is -0.484 e. The Kier molecular flexibility index (Phi) is 5.16. The van der Waals surface area contributed by atoms with E-state index in [1.807, 2.05) is 42.6 Å². The number of nitrogens with zero attached hydrogens (tertiary/aromatic N) is 3. The number of hydrogen-bond acceptors (Lipinski definition) is 4. The molecule has 1 aromatic heterocycles. The maximum Gasteiger partial charge on any atom is 0.277 e. The van der Waals surface area contributed by atoms with Crippen molar-refractivity contribution in [3.8, 4) is 5.75 Å². The van der Waals surface area contributed by atoms with Gasteiger partial charge in [-0.05, 0) is 24.1 Å². The third-order valence-electron chi connectivity index (χ3n) is 4.63. The zero-order valence-electron chi connectivity index (χ0n) is 15.0. The molecule has 3 aromatic rings. The van der Waals surface area contributed by atoms with Gasteiger partial charge in [-0.2, -0.15) is 9.89 Å². The van der Waals surface area contributed by atoms with Gasteiger partial charge in [-0.1, -0.05) is 48.5 Å². The number of hydrogen-bond donors (Lipinski definition) is 1. The average molecular weight is 362 g/mol. The van der Waals surface area contributed by atoms with Gasteiger partial charge in [-0.15, -0.1) is 0 Å². The normalized spacial score (nSPS) is 13.3. The summed E-state index contributed by atoms with van der Waals surface area (Å²) in [7, 11) is 0. The van der Waals surface area contributed by atoms with Crippen LogP contribution >= 0.6 is 0 Å². The second kappa shape index (κ2) is 8.05. The molecule has 2 heterocycles. The van der Waals surface area contributed by atoms with Crippen LogP contribution in [-0.4, -0.2) is 33.8 Å². The zero-order valence-corrected chi connectivity index (χ0v) is 15.0. The number of benzene rings is 2. The SMILES string of the molecule is O=C(COc1ccccc1)Nn1ncc2c1CN(CCc1ccccc1)C2. The Hall–Kier alpha value is -3.12. The Labute approximate surface area is 158 Å². The first-order valence-corrected chi connectivity index (χ1v) is 9.08. The van der Waals surface area contributed by atoms with Crippen LogP contribution < -0.4 is 10.2 Å². The fourth-order valence-corrected chi connectivity index (χ4v) is 3.22. The van der Waals surface area contributed by atoms with Crippen molar-refractivity contribution in [3.63, 3.8) is 0 Å². The van der Waals surface area contributed by atoms with Crippen LogP contribution in [0.5, 0.6) is 5.75 Å². The number of amides is 1. The Bertz CT molecular complexity index is 893. The molecule has 6 heteroatoms. The second-order valence-electron chi connectivity index (χ2n) is 6.61. The van der Waals surface area contributed by atoms with E-state index >= 15 is 0 Å². The van der Waals surface area contributed by atoms with Crippen LogP contribution in [0.25, 0.3) is 0 Å². The highest BCUT2D eigenvalue weighted by atomic mass is 16.5. The van der Waals surface area contributed by atoms with Crippen LogP contribution in [0.2, 0.25) is 0 Å². The maximum absolute atomic E-state index is 12.2. The molecule has 0 radical (unpaired) electrons. The molecule has 1 amide bonds. The summed E-state index contributed by atoms with van der Waals surface area (Å²) in [6.07, 6.45) is 2.84. The predicted molar refractivity (Wildman–Crippen MR) is 103 cm³/mol. The van der Waals surface area contributed by atoms with E-state index < -0.39 is 0 Å². The first-order valence-electron chi connectivity index (χ1n) is 9.08. The van der Waals surface area contributed by atoms with Gasteiger partial charge in [0.2, 0.25) is 0 Å². The van der Waals surface area contributed by atoms with Crippen molar-refractivity contribution in [2.75, 3.05) is 18.6 Å². The standard InChI is InChI=1S/C21H22N4O2/c26-21(16-27-19-9-5-2-6-10-19)23-25-20-15-24(14-18(20)13-22-25)12-11-17-7-3-1-4-8-17/h1-10,13H,11-12,14-16H2,(H,23,26). The molecular weight excluding hydrogens is 340 g/mol. The summed E-state index contributed by atoms with van der Waals surface area (Å²) in [5.74, 6) is 0.443. The largest absolute Gasteiger partial charge is 0.484 e. The summed E-state index contributed by atoms with van der Waals surface area (Å²) in [5, 5.41) is 4.29. The highest BCUT2D eigenvalue weighted by molar-refractivity contribution is 5.85. The predicted octanol–water partition coefficient (Wildman–Crippen LogP) is 2.59. The molecular formula is C21H22N4O2. The molecule has 0 saturated heterocycles. The van der Waals surface area contributed by atoms with Crippen molar-refractivity contribution in [3.05, 3.63) is 83.7 Å². The molecule has 0 spiro atoms. The monoisotopic (exact) mass is 362 g/mol. The highest BCUT2D eigenvalue weighted by Crippen LogP contribution is 2.22. The van der Waals surface area contributed by atoms with Gasteiger partial charge in [0, 0.05) is 25.2 Å². The number of rotatable bonds is 7. The summed E-state index contributed by atoms with van der Waals surface area (Å²) in [4.78, 5) is 16.1. The molecule has 138 valence electrons. The van der Waals surface area contributed by atoms with Gasteiger partial charge in [0.1, 0.15) is 5.75 Å². The lowest BCUT2D eigenvalue weighted by Gasteiger charge is -2.15. The van der Waals surface area contributed by atoms with Crippen molar-refractivity contribution in [2.45, 2.75) is 19.5 Å². The van der Waals surface area contributed by atoms with E-state index in [1.54, 1.807) is 4.79 Å². The van der Waals surface area contributed by atoms with Gasteiger partial charge in [-0.3, -0.25) is 9.69 Å². The van der Waals surface area contributed by atoms with Gasteiger partial charge < -0.3 is 4.74 Å². The van der Waals surface area contributed by atoms with E-state index in [-0.39, 0.29) is 12.5 Å². The molecule has 0 atom stereocenters. The van der Waals surface area contributed by atoms with Gasteiger partial charge in [-0.25, -0.2) is 5.43 Å². The number of carbonyl (C=O) groups excluding carboxylic acids is 1. The molecule has 1 N–H and O–H groups in total. The van der Waals surface area contributed by atoms with Crippen LogP contribution in [0.4, 0.5) is 0 Å². The third-order valence-corrected chi connectivity index (χ3v) is 4.63.